The predicted octanol–water partition coefficient (Wildman–Crippen LogP) is 2.89. The van der Waals surface area contributed by atoms with E-state index >= 15 is 0 Å². The number of halogens is 1. The monoisotopic (exact) mass is 257 g/mol. The zero-order valence-corrected chi connectivity index (χ0v) is 10.9. The SMILES string of the molecule is CNc1nc(C)nc(C(C)(C)C)c1Br. The molecule has 1 rings (SSSR count). The second-order valence-electron chi connectivity index (χ2n) is 4.28. The van der Waals surface area contributed by atoms with E-state index in [0.29, 0.717) is 0 Å². The number of nitrogens with one attached hydrogen (secondary N) is 1. The van der Waals surface area contributed by atoms with Gasteiger partial charge in [-0.05, 0) is 22.9 Å². The van der Waals surface area contributed by atoms with Crippen molar-refractivity contribution in [2.45, 2.75) is 33.1 Å². The van der Waals surface area contributed by atoms with Gasteiger partial charge >= 0.3 is 0 Å². The van der Waals surface area contributed by atoms with Gasteiger partial charge in [0.15, 0.2) is 0 Å². The quantitative estimate of drug-likeness (QED) is 0.841. The van der Waals surface area contributed by atoms with Crippen molar-refractivity contribution < 1.29 is 0 Å². The Hall–Kier alpha value is -0.640. The maximum Gasteiger partial charge on any atom is 0.144 e. The first kappa shape index (κ1) is 11.4. The molecule has 3 nitrogen and oxygen atoms in total. The Morgan fingerprint density at radius 2 is 1.79 bits per heavy atom. The number of aryl methyl sites for hydroxylation is 1. The van der Waals surface area contributed by atoms with Gasteiger partial charge in [0.2, 0.25) is 0 Å². The zero-order chi connectivity index (χ0) is 10.9. The molecule has 78 valence electrons. The largest absolute Gasteiger partial charge is 0.372 e. The molecule has 0 aliphatic carbocycles. The maximum atomic E-state index is 4.45. The number of hydrogen-bond acceptors (Lipinski definition) is 3. The molecule has 0 saturated carbocycles. The molecule has 0 aliphatic rings. The van der Waals surface area contributed by atoms with Crippen LogP contribution in [0.5, 0.6) is 0 Å². The lowest BCUT2D eigenvalue weighted by Gasteiger charge is -2.21. The van der Waals surface area contributed by atoms with Crippen LogP contribution in [0.2, 0.25) is 0 Å². The Kier molecular flexibility index (Phi) is 3.14. The van der Waals surface area contributed by atoms with Crippen LogP contribution in [0.3, 0.4) is 0 Å². The first-order valence-corrected chi connectivity index (χ1v) is 5.38. The van der Waals surface area contributed by atoms with Gasteiger partial charge < -0.3 is 5.32 Å². The van der Waals surface area contributed by atoms with Crippen molar-refractivity contribution in [1.82, 2.24) is 9.97 Å². The lowest BCUT2D eigenvalue weighted by molar-refractivity contribution is 0.561. The summed E-state index contributed by atoms with van der Waals surface area (Å²) in [5.41, 5.74) is 1.06. The second kappa shape index (κ2) is 3.85. The van der Waals surface area contributed by atoms with Crippen LogP contribution in [0, 0.1) is 6.92 Å². The Bertz CT molecular complexity index is 342. The summed E-state index contributed by atoms with van der Waals surface area (Å²) >= 11 is 3.52. The Labute approximate surface area is 93.5 Å². The third kappa shape index (κ3) is 2.23. The molecule has 1 aromatic heterocycles. The van der Waals surface area contributed by atoms with Crippen molar-refractivity contribution in [2.75, 3.05) is 12.4 Å². The maximum absolute atomic E-state index is 4.45. The van der Waals surface area contributed by atoms with Gasteiger partial charge in [0.1, 0.15) is 11.6 Å². The predicted molar refractivity (Wildman–Crippen MR) is 62.7 cm³/mol. The highest BCUT2D eigenvalue weighted by molar-refractivity contribution is 9.10. The molecule has 4 heteroatoms. The highest BCUT2D eigenvalue weighted by atomic mass is 79.9. The van der Waals surface area contributed by atoms with E-state index in [1.807, 2.05) is 14.0 Å². The van der Waals surface area contributed by atoms with Crippen molar-refractivity contribution in [3.05, 3.63) is 16.0 Å². The van der Waals surface area contributed by atoms with Gasteiger partial charge in [-0.15, -0.1) is 0 Å². The van der Waals surface area contributed by atoms with Crippen LogP contribution in [0.15, 0.2) is 4.47 Å². The fourth-order valence-corrected chi connectivity index (χ4v) is 2.19. The molecular weight excluding hydrogens is 242 g/mol. The van der Waals surface area contributed by atoms with Gasteiger partial charge in [-0.3, -0.25) is 0 Å². The molecular formula is C10H16BrN3. The summed E-state index contributed by atoms with van der Waals surface area (Å²) < 4.78 is 0.957. The van der Waals surface area contributed by atoms with Crippen LogP contribution in [0.4, 0.5) is 5.82 Å². The fourth-order valence-electron chi connectivity index (χ4n) is 1.22. The van der Waals surface area contributed by atoms with Crippen molar-refractivity contribution in [2.24, 2.45) is 0 Å². The summed E-state index contributed by atoms with van der Waals surface area (Å²) in [7, 11) is 1.86. The Morgan fingerprint density at radius 1 is 1.21 bits per heavy atom. The van der Waals surface area contributed by atoms with Crippen molar-refractivity contribution in [1.29, 1.82) is 0 Å². The minimum Gasteiger partial charge on any atom is -0.372 e. The van der Waals surface area contributed by atoms with Crippen molar-refractivity contribution in [3.8, 4) is 0 Å². The summed E-state index contributed by atoms with van der Waals surface area (Å²) in [5.74, 6) is 1.64. The summed E-state index contributed by atoms with van der Waals surface area (Å²) in [5, 5.41) is 3.05. The summed E-state index contributed by atoms with van der Waals surface area (Å²) in [6.45, 7) is 8.32. The standard InChI is InChI=1S/C10H16BrN3/c1-6-13-8(10(2,3)4)7(11)9(12-5)14-6/h1-5H3,(H,12,13,14). The van der Waals surface area contributed by atoms with E-state index in [2.05, 4.69) is 52.0 Å². The molecule has 0 aliphatic heterocycles. The van der Waals surface area contributed by atoms with Crippen molar-refractivity contribution >= 4 is 21.7 Å². The highest BCUT2D eigenvalue weighted by Gasteiger charge is 2.21. The zero-order valence-electron chi connectivity index (χ0n) is 9.27. The van der Waals surface area contributed by atoms with E-state index in [1.165, 1.54) is 0 Å². The summed E-state index contributed by atoms with van der Waals surface area (Å²) in [4.78, 5) is 8.75. The fraction of sp³-hybridized carbons (Fsp3) is 0.600. The molecule has 0 saturated heterocycles. The van der Waals surface area contributed by atoms with E-state index in [1.54, 1.807) is 0 Å². The van der Waals surface area contributed by atoms with Gasteiger partial charge in [0.05, 0.1) is 10.2 Å². The third-order valence-corrected chi connectivity index (χ3v) is 2.66. The molecule has 1 N–H and O–H groups in total. The van der Waals surface area contributed by atoms with E-state index in [-0.39, 0.29) is 5.41 Å². The lowest BCUT2D eigenvalue weighted by atomic mass is 9.92. The normalized spacial score (nSPS) is 11.6. The van der Waals surface area contributed by atoms with E-state index in [0.717, 1.165) is 21.8 Å². The molecule has 0 amide bonds. The van der Waals surface area contributed by atoms with Crippen LogP contribution >= 0.6 is 15.9 Å². The van der Waals surface area contributed by atoms with Crippen LogP contribution in [-0.2, 0) is 5.41 Å². The van der Waals surface area contributed by atoms with E-state index in [9.17, 15) is 0 Å². The minimum absolute atomic E-state index is 0.0259. The first-order chi connectivity index (χ1) is 6.36. The molecule has 1 aromatic rings. The van der Waals surface area contributed by atoms with E-state index in [4.69, 9.17) is 0 Å². The molecule has 0 unspecified atom stereocenters. The van der Waals surface area contributed by atoms with Crippen LogP contribution in [-0.4, -0.2) is 17.0 Å². The number of anilines is 1. The average Bonchev–Trinajstić information content (AvgIpc) is 2.06. The smallest absolute Gasteiger partial charge is 0.144 e. The molecule has 0 aromatic carbocycles. The van der Waals surface area contributed by atoms with Crippen LogP contribution in [0.25, 0.3) is 0 Å². The second-order valence-corrected chi connectivity index (χ2v) is 5.08. The average molecular weight is 258 g/mol. The Morgan fingerprint density at radius 3 is 2.21 bits per heavy atom. The molecule has 0 fully saturated rings. The van der Waals surface area contributed by atoms with Gasteiger partial charge in [-0.25, -0.2) is 9.97 Å². The topological polar surface area (TPSA) is 37.8 Å². The first-order valence-electron chi connectivity index (χ1n) is 4.58. The molecule has 1 heterocycles. The van der Waals surface area contributed by atoms with E-state index < -0.39 is 0 Å². The summed E-state index contributed by atoms with van der Waals surface area (Å²) in [6, 6.07) is 0. The molecule has 0 spiro atoms. The molecule has 0 atom stereocenters. The number of nitrogens with zero attached hydrogens (tertiary/aromatic N) is 2. The third-order valence-electron chi connectivity index (χ3n) is 1.91. The number of rotatable bonds is 1. The van der Waals surface area contributed by atoms with Gasteiger partial charge in [-0.1, -0.05) is 20.8 Å². The molecule has 14 heavy (non-hydrogen) atoms. The number of hydrogen-bond donors (Lipinski definition) is 1. The molecule has 0 radical (unpaired) electrons. The van der Waals surface area contributed by atoms with Crippen LogP contribution < -0.4 is 5.32 Å². The van der Waals surface area contributed by atoms with Gasteiger partial charge in [0, 0.05) is 12.5 Å². The lowest BCUT2D eigenvalue weighted by Crippen LogP contribution is -2.17. The Balaban J connectivity index is 3.37. The van der Waals surface area contributed by atoms with Gasteiger partial charge in [-0.2, -0.15) is 0 Å². The molecule has 0 bridgehead atoms. The number of aromatic nitrogens is 2. The van der Waals surface area contributed by atoms with Gasteiger partial charge in [0.25, 0.3) is 0 Å². The minimum atomic E-state index is 0.0259. The highest BCUT2D eigenvalue weighted by Crippen LogP contribution is 2.31. The van der Waals surface area contributed by atoms with Crippen molar-refractivity contribution in [3.63, 3.8) is 0 Å². The van der Waals surface area contributed by atoms with Crippen LogP contribution in [0.1, 0.15) is 32.3 Å². The summed E-state index contributed by atoms with van der Waals surface area (Å²) in [6.07, 6.45) is 0.